The lowest BCUT2D eigenvalue weighted by Gasteiger charge is -2.03. The Balaban J connectivity index is 1.70. The Kier molecular flexibility index (Phi) is 3.75. The van der Waals surface area contributed by atoms with Crippen molar-refractivity contribution in [2.75, 3.05) is 12.1 Å². The minimum atomic E-state index is -0.305. The number of amides is 1. The van der Waals surface area contributed by atoms with Gasteiger partial charge in [0, 0.05) is 6.08 Å². The van der Waals surface area contributed by atoms with Crippen LogP contribution in [0.4, 0.5) is 5.69 Å². The molecule has 1 aliphatic heterocycles. The lowest BCUT2D eigenvalue weighted by Crippen LogP contribution is -2.08. The number of ether oxygens (including phenoxy) is 2. The topological polar surface area (TPSA) is 71.4 Å². The first-order valence-corrected chi connectivity index (χ1v) is 6.64. The zero-order valence-electron chi connectivity index (χ0n) is 11.6. The van der Waals surface area contributed by atoms with Crippen molar-refractivity contribution in [1.82, 2.24) is 0 Å². The Bertz CT molecular complexity index is 791. The van der Waals surface area contributed by atoms with Crippen LogP contribution in [0, 0.1) is 11.3 Å². The number of nitrogens with zero attached hydrogens (tertiary/aromatic N) is 1. The molecule has 5 nitrogen and oxygen atoms in total. The highest BCUT2D eigenvalue weighted by molar-refractivity contribution is 6.02. The van der Waals surface area contributed by atoms with E-state index >= 15 is 0 Å². The maximum Gasteiger partial charge on any atom is 0.248 e. The monoisotopic (exact) mass is 292 g/mol. The van der Waals surface area contributed by atoms with E-state index in [1.54, 1.807) is 42.5 Å². The van der Waals surface area contributed by atoms with Gasteiger partial charge in [-0.2, -0.15) is 5.26 Å². The highest BCUT2D eigenvalue weighted by Gasteiger charge is 2.12. The number of hydrogen-bond donors (Lipinski definition) is 1. The molecule has 0 saturated heterocycles. The highest BCUT2D eigenvalue weighted by Crippen LogP contribution is 2.32. The average Bonchev–Trinajstić information content (AvgIpc) is 3.01. The van der Waals surface area contributed by atoms with Gasteiger partial charge < -0.3 is 14.8 Å². The van der Waals surface area contributed by atoms with Gasteiger partial charge in [-0.1, -0.05) is 18.2 Å². The second-order valence-corrected chi connectivity index (χ2v) is 4.59. The van der Waals surface area contributed by atoms with Gasteiger partial charge >= 0.3 is 0 Å². The van der Waals surface area contributed by atoms with Gasteiger partial charge in [0.15, 0.2) is 11.5 Å². The van der Waals surface area contributed by atoms with Crippen LogP contribution in [-0.4, -0.2) is 12.7 Å². The highest BCUT2D eigenvalue weighted by atomic mass is 16.7. The standard InChI is InChI=1S/C17H12N2O3/c18-10-13-3-1-2-4-14(13)19-17(20)8-6-12-5-7-15-16(9-12)22-11-21-15/h1-9H,11H2,(H,19,20). The molecule has 1 aliphatic rings. The number of nitrogens with one attached hydrogen (secondary N) is 1. The SMILES string of the molecule is N#Cc1ccccc1NC(=O)C=Cc1ccc2c(c1)OCO2. The summed E-state index contributed by atoms with van der Waals surface area (Å²) < 4.78 is 10.5. The maximum absolute atomic E-state index is 11.9. The summed E-state index contributed by atoms with van der Waals surface area (Å²) in [7, 11) is 0. The van der Waals surface area contributed by atoms with Crippen LogP contribution in [0.15, 0.2) is 48.5 Å². The first kappa shape index (κ1) is 13.7. The van der Waals surface area contributed by atoms with Crippen LogP contribution in [0.2, 0.25) is 0 Å². The minimum absolute atomic E-state index is 0.216. The summed E-state index contributed by atoms with van der Waals surface area (Å²) in [6.45, 7) is 0.216. The molecule has 0 fully saturated rings. The van der Waals surface area contributed by atoms with Crippen LogP contribution < -0.4 is 14.8 Å². The molecule has 108 valence electrons. The molecular formula is C17H12N2O3. The van der Waals surface area contributed by atoms with Crippen molar-refractivity contribution in [1.29, 1.82) is 5.26 Å². The van der Waals surface area contributed by atoms with Crippen molar-refractivity contribution in [3.63, 3.8) is 0 Å². The molecule has 3 rings (SSSR count). The number of para-hydroxylation sites is 1. The van der Waals surface area contributed by atoms with Gasteiger partial charge in [0.25, 0.3) is 0 Å². The second-order valence-electron chi connectivity index (χ2n) is 4.59. The molecule has 1 N–H and O–H groups in total. The fourth-order valence-corrected chi connectivity index (χ4v) is 2.05. The van der Waals surface area contributed by atoms with E-state index in [9.17, 15) is 4.79 Å². The van der Waals surface area contributed by atoms with Gasteiger partial charge in [-0.3, -0.25) is 4.79 Å². The number of benzene rings is 2. The summed E-state index contributed by atoms with van der Waals surface area (Å²) in [6, 6.07) is 14.3. The van der Waals surface area contributed by atoms with Crippen molar-refractivity contribution in [2.24, 2.45) is 0 Å². The largest absolute Gasteiger partial charge is 0.454 e. The number of rotatable bonds is 3. The Morgan fingerprint density at radius 2 is 2.00 bits per heavy atom. The molecule has 1 heterocycles. The van der Waals surface area contributed by atoms with E-state index in [2.05, 4.69) is 5.32 Å². The van der Waals surface area contributed by atoms with Crippen LogP contribution in [-0.2, 0) is 4.79 Å². The second kappa shape index (κ2) is 6.02. The Morgan fingerprint density at radius 3 is 2.86 bits per heavy atom. The van der Waals surface area contributed by atoms with Crippen molar-refractivity contribution < 1.29 is 14.3 Å². The Morgan fingerprint density at radius 1 is 1.18 bits per heavy atom. The number of carbonyl (C=O) groups excluding carboxylic acids is 1. The molecule has 2 aromatic rings. The van der Waals surface area contributed by atoms with Crippen molar-refractivity contribution in [2.45, 2.75) is 0 Å². The summed E-state index contributed by atoms with van der Waals surface area (Å²) >= 11 is 0. The van der Waals surface area contributed by atoms with Crippen LogP contribution in [0.1, 0.15) is 11.1 Å². The molecule has 0 saturated carbocycles. The molecule has 0 aromatic heterocycles. The molecule has 0 unspecified atom stereocenters. The predicted octanol–water partition coefficient (Wildman–Crippen LogP) is 2.94. The van der Waals surface area contributed by atoms with Crippen molar-refractivity contribution >= 4 is 17.7 Å². The van der Waals surface area contributed by atoms with Crippen LogP contribution in [0.25, 0.3) is 6.08 Å². The number of fused-ring (bicyclic) bond motifs is 1. The lowest BCUT2D eigenvalue weighted by molar-refractivity contribution is -0.111. The third-order valence-corrected chi connectivity index (χ3v) is 3.13. The predicted molar refractivity (Wildman–Crippen MR) is 81.4 cm³/mol. The first-order chi connectivity index (χ1) is 10.8. The summed E-state index contributed by atoms with van der Waals surface area (Å²) in [5.41, 5.74) is 1.74. The van der Waals surface area contributed by atoms with E-state index in [1.807, 2.05) is 12.1 Å². The number of anilines is 1. The maximum atomic E-state index is 11.9. The zero-order valence-corrected chi connectivity index (χ0v) is 11.6. The van der Waals surface area contributed by atoms with E-state index in [0.29, 0.717) is 22.7 Å². The van der Waals surface area contributed by atoms with E-state index in [4.69, 9.17) is 14.7 Å². The molecular weight excluding hydrogens is 280 g/mol. The van der Waals surface area contributed by atoms with Gasteiger partial charge in [0.2, 0.25) is 12.7 Å². The summed E-state index contributed by atoms with van der Waals surface area (Å²) in [5, 5.41) is 11.7. The van der Waals surface area contributed by atoms with E-state index in [-0.39, 0.29) is 12.7 Å². The van der Waals surface area contributed by atoms with Crippen LogP contribution in [0.5, 0.6) is 11.5 Å². The molecule has 2 aromatic carbocycles. The van der Waals surface area contributed by atoms with E-state index < -0.39 is 0 Å². The van der Waals surface area contributed by atoms with Crippen molar-refractivity contribution in [3.05, 3.63) is 59.7 Å². The van der Waals surface area contributed by atoms with Gasteiger partial charge in [-0.25, -0.2) is 0 Å². The Hall–Kier alpha value is -3.26. The van der Waals surface area contributed by atoms with Gasteiger partial charge in [-0.05, 0) is 35.9 Å². The number of carbonyl (C=O) groups is 1. The summed E-state index contributed by atoms with van der Waals surface area (Å²) in [4.78, 5) is 11.9. The van der Waals surface area contributed by atoms with E-state index in [1.165, 1.54) is 6.08 Å². The molecule has 0 radical (unpaired) electrons. The average molecular weight is 292 g/mol. The minimum Gasteiger partial charge on any atom is -0.454 e. The van der Waals surface area contributed by atoms with Gasteiger partial charge in [0.1, 0.15) is 6.07 Å². The number of hydrogen-bond acceptors (Lipinski definition) is 4. The summed E-state index contributed by atoms with van der Waals surface area (Å²) in [6.07, 6.45) is 3.08. The zero-order chi connectivity index (χ0) is 15.4. The molecule has 1 amide bonds. The Labute approximate surface area is 127 Å². The third kappa shape index (κ3) is 2.91. The van der Waals surface area contributed by atoms with Crippen molar-refractivity contribution in [3.8, 4) is 17.6 Å². The molecule has 0 spiro atoms. The fourth-order valence-electron chi connectivity index (χ4n) is 2.05. The third-order valence-electron chi connectivity index (χ3n) is 3.13. The smallest absolute Gasteiger partial charge is 0.248 e. The fraction of sp³-hybridized carbons (Fsp3) is 0.0588. The molecule has 0 bridgehead atoms. The number of nitriles is 1. The van der Waals surface area contributed by atoms with Gasteiger partial charge in [-0.15, -0.1) is 0 Å². The summed E-state index contributed by atoms with van der Waals surface area (Å²) in [5.74, 6) is 1.06. The first-order valence-electron chi connectivity index (χ1n) is 6.64. The van der Waals surface area contributed by atoms with Crippen LogP contribution >= 0.6 is 0 Å². The quantitative estimate of drug-likeness (QED) is 0.883. The molecule has 22 heavy (non-hydrogen) atoms. The van der Waals surface area contributed by atoms with Gasteiger partial charge in [0.05, 0.1) is 11.3 Å². The molecule has 0 aliphatic carbocycles. The van der Waals surface area contributed by atoms with E-state index in [0.717, 1.165) is 5.56 Å². The molecule has 0 atom stereocenters. The molecule has 5 heteroatoms. The normalized spacial score (nSPS) is 12.1. The lowest BCUT2D eigenvalue weighted by atomic mass is 10.1. The van der Waals surface area contributed by atoms with Crippen LogP contribution in [0.3, 0.4) is 0 Å².